The van der Waals surface area contributed by atoms with E-state index in [0.29, 0.717) is 22.5 Å². The summed E-state index contributed by atoms with van der Waals surface area (Å²) >= 11 is 1.32. The number of anilines is 3. The van der Waals surface area contributed by atoms with Crippen molar-refractivity contribution in [1.29, 1.82) is 0 Å². The van der Waals surface area contributed by atoms with E-state index in [1.54, 1.807) is 6.20 Å². The number of thiazole rings is 1. The summed E-state index contributed by atoms with van der Waals surface area (Å²) in [5.74, 6) is 0.839. The van der Waals surface area contributed by atoms with E-state index in [9.17, 15) is 4.79 Å². The molecule has 8 heteroatoms. The summed E-state index contributed by atoms with van der Waals surface area (Å²) < 4.78 is 5.44. The maximum absolute atomic E-state index is 11.1. The summed E-state index contributed by atoms with van der Waals surface area (Å²) in [5.41, 5.74) is 2.88. The molecular formula is C17H17N5O2S. The normalized spacial score (nSPS) is 16.9. The molecule has 1 aromatic carbocycles. The average molecular weight is 355 g/mol. The Labute approximate surface area is 148 Å². The SMILES string of the molecule is CC(=O)Nc1nc2cnc(Nc3ccc(C4CCOC4)cc3)nc2s1. The number of carbonyl (C=O) groups is 1. The lowest BCUT2D eigenvalue weighted by atomic mass is 9.98. The first-order chi connectivity index (χ1) is 12.2. The molecule has 128 valence electrons. The molecule has 2 aromatic heterocycles. The van der Waals surface area contributed by atoms with Gasteiger partial charge in [-0.2, -0.15) is 4.98 Å². The summed E-state index contributed by atoms with van der Waals surface area (Å²) in [6.07, 6.45) is 2.73. The van der Waals surface area contributed by atoms with E-state index in [1.807, 2.05) is 12.1 Å². The molecule has 0 spiro atoms. The number of hydrogen-bond acceptors (Lipinski definition) is 7. The van der Waals surface area contributed by atoms with Gasteiger partial charge in [-0.1, -0.05) is 23.5 Å². The van der Waals surface area contributed by atoms with Crippen LogP contribution in [0, 0.1) is 0 Å². The van der Waals surface area contributed by atoms with Crippen LogP contribution in [0.5, 0.6) is 0 Å². The van der Waals surface area contributed by atoms with E-state index >= 15 is 0 Å². The molecule has 1 unspecified atom stereocenters. The van der Waals surface area contributed by atoms with Gasteiger partial charge >= 0.3 is 0 Å². The molecule has 1 aliphatic rings. The van der Waals surface area contributed by atoms with Crippen molar-refractivity contribution < 1.29 is 9.53 Å². The van der Waals surface area contributed by atoms with Crippen molar-refractivity contribution in [2.24, 2.45) is 0 Å². The molecule has 1 atom stereocenters. The van der Waals surface area contributed by atoms with Crippen molar-refractivity contribution in [3.05, 3.63) is 36.0 Å². The monoisotopic (exact) mass is 355 g/mol. The summed E-state index contributed by atoms with van der Waals surface area (Å²) in [7, 11) is 0. The highest BCUT2D eigenvalue weighted by Crippen LogP contribution is 2.28. The van der Waals surface area contributed by atoms with Crippen LogP contribution >= 0.6 is 11.3 Å². The summed E-state index contributed by atoms with van der Waals surface area (Å²) in [4.78, 5) is 24.9. The minimum atomic E-state index is -0.155. The van der Waals surface area contributed by atoms with Crippen LogP contribution in [-0.4, -0.2) is 34.1 Å². The van der Waals surface area contributed by atoms with E-state index in [1.165, 1.54) is 23.8 Å². The molecule has 1 amide bonds. The van der Waals surface area contributed by atoms with Gasteiger partial charge < -0.3 is 15.4 Å². The second kappa shape index (κ2) is 6.73. The lowest BCUT2D eigenvalue weighted by molar-refractivity contribution is -0.114. The van der Waals surface area contributed by atoms with Gasteiger partial charge in [0.05, 0.1) is 12.8 Å². The van der Waals surface area contributed by atoms with Crippen molar-refractivity contribution in [3.8, 4) is 0 Å². The van der Waals surface area contributed by atoms with Crippen molar-refractivity contribution in [3.63, 3.8) is 0 Å². The first-order valence-electron chi connectivity index (χ1n) is 8.03. The molecule has 1 fully saturated rings. The van der Waals surface area contributed by atoms with E-state index in [2.05, 4.69) is 37.7 Å². The maximum Gasteiger partial charge on any atom is 0.228 e. The molecule has 0 radical (unpaired) electrons. The summed E-state index contributed by atoms with van der Waals surface area (Å²) in [6, 6.07) is 8.27. The Bertz CT molecular complexity index is 903. The average Bonchev–Trinajstić information content (AvgIpc) is 3.24. The van der Waals surface area contributed by atoms with Crippen LogP contribution in [0.15, 0.2) is 30.5 Å². The molecule has 4 rings (SSSR count). The zero-order valence-corrected chi connectivity index (χ0v) is 14.5. The van der Waals surface area contributed by atoms with E-state index in [4.69, 9.17) is 4.74 Å². The van der Waals surface area contributed by atoms with Crippen LogP contribution in [0.2, 0.25) is 0 Å². The third-order valence-electron chi connectivity index (χ3n) is 4.00. The molecule has 0 saturated carbocycles. The maximum atomic E-state index is 11.1. The van der Waals surface area contributed by atoms with Gasteiger partial charge in [0.2, 0.25) is 11.9 Å². The number of carbonyl (C=O) groups excluding carboxylic acids is 1. The van der Waals surface area contributed by atoms with Gasteiger partial charge in [0, 0.05) is 25.1 Å². The first kappa shape index (κ1) is 15.9. The topological polar surface area (TPSA) is 89.0 Å². The predicted molar refractivity (Wildman–Crippen MR) is 97.4 cm³/mol. The number of nitrogens with zero attached hydrogens (tertiary/aromatic N) is 3. The number of hydrogen-bond donors (Lipinski definition) is 2. The van der Waals surface area contributed by atoms with Crippen molar-refractivity contribution in [2.45, 2.75) is 19.3 Å². The zero-order chi connectivity index (χ0) is 17.2. The fourth-order valence-corrected chi connectivity index (χ4v) is 3.62. The molecule has 3 aromatic rings. The number of amides is 1. The Kier molecular flexibility index (Phi) is 4.29. The molecule has 0 bridgehead atoms. The second-order valence-electron chi connectivity index (χ2n) is 5.89. The quantitative estimate of drug-likeness (QED) is 0.746. The number of fused-ring (bicyclic) bond motifs is 1. The highest BCUT2D eigenvalue weighted by atomic mass is 32.1. The van der Waals surface area contributed by atoms with Crippen LogP contribution in [0.25, 0.3) is 10.3 Å². The lowest BCUT2D eigenvalue weighted by Gasteiger charge is -2.09. The predicted octanol–water partition coefficient (Wildman–Crippen LogP) is 3.29. The first-order valence-corrected chi connectivity index (χ1v) is 8.85. The Morgan fingerprint density at radius 2 is 2.12 bits per heavy atom. The van der Waals surface area contributed by atoms with E-state index in [-0.39, 0.29) is 5.91 Å². The van der Waals surface area contributed by atoms with Gasteiger partial charge in [0.15, 0.2) is 9.96 Å². The van der Waals surface area contributed by atoms with E-state index in [0.717, 1.165) is 30.2 Å². The molecule has 2 N–H and O–H groups in total. The van der Waals surface area contributed by atoms with Crippen LogP contribution in [0.3, 0.4) is 0 Å². The Morgan fingerprint density at radius 1 is 1.28 bits per heavy atom. The van der Waals surface area contributed by atoms with Gasteiger partial charge in [-0.25, -0.2) is 9.97 Å². The molecule has 0 aliphatic carbocycles. The Morgan fingerprint density at radius 3 is 2.84 bits per heavy atom. The fourth-order valence-electron chi connectivity index (χ4n) is 2.76. The highest BCUT2D eigenvalue weighted by Gasteiger charge is 2.17. The minimum absolute atomic E-state index is 0.155. The molecular weight excluding hydrogens is 338 g/mol. The van der Waals surface area contributed by atoms with Crippen LogP contribution in [0.1, 0.15) is 24.8 Å². The molecule has 3 heterocycles. The van der Waals surface area contributed by atoms with Crippen molar-refractivity contribution in [2.75, 3.05) is 23.8 Å². The number of benzene rings is 1. The number of ether oxygens (including phenoxy) is 1. The summed E-state index contributed by atoms with van der Waals surface area (Å²) in [6.45, 7) is 3.09. The highest BCUT2D eigenvalue weighted by molar-refractivity contribution is 7.21. The third-order valence-corrected chi connectivity index (χ3v) is 4.88. The molecule has 25 heavy (non-hydrogen) atoms. The van der Waals surface area contributed by atoms with Gasteiger partial charge in [-0.15, -0.1) is 0 Å². The van der Waals surface area contributed by atoms with Crippen molar-refractivity contribution >= 4 is 44.4 Å². The number of nitrogens with one attached hydrogen (secondary N) is 2. The van der Waals surface area contributed by atoms with Crippen LogP contribution < -0.4 is 10.6 Å². The Hall–Kier alpha value is -2.58. The van der Waals surface area contributed by atoms with Crippen molar-refractivity contribution in [1.82, 2.24) is 15.0 Å². The number of aromatic nitrogens is 3. The lowest BCUT2D eigenvalue weighted by Crippen LogP contribution is -2.04. The second-order valence-corrected chi connectivity index (χ2v) is 6.87. The molecule has 7 nitrogen and oxygen atoms in total. The van der Waals surface area contributed by atoms with Crippen LogP contribution in [-0.2, 0) is 9.53 Å². The summed E-state index contributed by atoms with van der Waals surface area (Å²) in [5, 5.41) is 6.39. The van der Waals surface area contributed by atoms with E-state index < -0.39 is 0 Å². The fraction of sp³-hybridized carbons (Fsp3) is 0.294. The largest absolute Gasteiger partial charge is 0.381 e. The smallest absolute Gasteiger partial charge is 0.228 e. The van der Waals surface area contributed by atoms with Gasteiger partial charge in [0.25, 0.3) is 0 Å². The zero-order valence-electron chi connectivity index (χ0n) is 13.7. The van der Waals surface area contributed by atoms with Gasteiger partial charge in [-0.3, -0.25) is 4.79 Å². The molecule has 1 saturated heterocycles. The minimum Gasteiger partial charge on any atom is -0.381 e. The third kappa shape index (κ3) is 3.59. The van der Waals surface area contributed by atoms with Crippen LogP contribution in [0.4, 0.5) is 16.8 Å². The van der Waals surface area contributed by atoms with Gasteiger partial charge in [0.1, 0.15) is 5.52 Å². The Balaban J connectivity index is 1.50. The number of rotatable bonds is 4. The van der Waals surface area contributed by atoms with Gasteiger partial charge in [-0.05, 0) is 24.1 Å². The standard InChI is InChI=1S/C17H17N5O2S/c1-10(23)19-17-21-14-8-18-16(22-15(14)25-17)20-13-4-2-11(3-5-13)12-6-7-24-9-12/h2-5,8,12H,6-7,9H2,1H3,(H,18,20,22)(H,19,21,23). The molecule has 1 aliphatic heterocycles.